The van der Waals surface area contributed by atoms with Crippen molar-refractivity contribution in [2.45, 2.75) is 25.8 Å². The number of amides is 1. The van der Waals surface area contributed by atoms with Crippen molar-refractivity contribution in [3.63, 3.8) is 0 Å². The quantitative estimate of drug-likeness (QED) is 0.646. The van der Waals surface area contributed by atoms with Crippen LogP contribution >= 0.6 is 11.6 Å². The van der Waals surface area contributed by atoms with Gasteiger partial charge in [0.25, 0.3) is 11.9 Å². The number of Topliss-reactive ketones (excluding diaryl/α,β-unsaturated/α-hetero) is 1. The van der Waals surface area contributed by atoms with E-state index in [4.69, 9.17) is 16.0 Å². The Bertz CT molecular complexity index is 1050. The van der Waals surface area contributed by atoms with E-state index < -0.39 is 0 Å². The molecule has 1 amide bonds. The second-order valence-electron chi connectivity index (χ2n) is 6.83. The Balaban J connectivity index is 1.46. The first kappa shape index (κ1) is 18.5. The first-order valence-electron chi connectivity index (χ1n) is 9.29. The number of hydrogen-bond acceptors (Lipinski definition) is 5. The van der Waals surface area contributed by atoms with Crippen molar-refractivity contribution in [2.24, 2.45) is 0 Å². The van der Waals surface area contributed by atoms with Crippen LogP contribution in [-0.4, -0.2) is 40.7 Å². The fourth-order valence-corrected chi connectivity index (χ4v) is 3.63. The lowest BCUT2D eigenvalue weighted by atomic mass is 10.0. The highest BCUT2D eigenvalue weighted by molar-refractivity contribution is 6.31. The first-order chi connectivity index (χ1) is 13.5. The zero-order chi connectivity index (χ0) is 19.7. The lowest BCUT2D eigenvalue weighted by Gasteiger charge is -2.18. The molecule has 6 nitrogen and oxygen atoms in total. The molecule has 4 rings (SSSR count). The Hall–Kier alpha value is -2.86. The number of benzene rings is 2. The van der Waals surface area contributed by atoms with Gasteiger partial charge in [-0.25, -0.2) is 0 Å². The van der Waals surface area contributed by atoms with E-state index in [2.05, 4.69) is 10.3 Å². The summed E-state index contributed by atoms with van der Waals surface area (Å²) in [6.07, 6.45) is 1.14. The molecule has 28 heavy (non-hydrogen) atoms. The maximum absolute atomic E-state index is 13.0. The van der Waals surface area contributed by atoms with E-state index in [-0.39, 0.29) is 17.7 Å². The van der Waals surface area contributed by atoms with Gasteiger partial charge in [-0.05, 0) is 24.6 Å². The van der Waals surface area contributed by atoms with Gasteiger partial charge >= 0.3 is 0 Å². The number of rotatable bonds is 5. The van der Waals surface area contributed by atoms with Crippen LogP contribution in [0.15, 0.2) is 46.9 Å². The van der Waals surface area contributed by atoms with Crippen molar-refractivity contribution in [3.8, 4) is 0 Å². The molecule has 1 fully saturated rings. The van der Waals surface area contributed by atoms with Gasteiger partial charge in [-0.1, -0.05) is 36.7 Å². The molecule has 0 bridgehead atoms. The SMILES string of the molecule is CCC(=O)c1ccccc1C(=O)N1CCC(Nc2nc3ccc(Cl)cc3o2)C1. The monoisotopic (exact) mass is 397 g/mol. The number of oxazole rings is 1. The number of likely N-dealkylation sites (tertiary alicyclic amines) is 1. The van der Waals surface area contributed by atoms with Crippen LogP contribution in [0.25, 0.3) is 11.1 Å². The summed E-state index contributed by atoms with van der Waals surface area (Å²) in [6, 6.07) is 12.7. The number of carbonyl (C=O) groups excluding carboxylic acids is 2. The third-order valence-corrected chi connectivity index (χ3v) is 5.17. The average Bonchev–Trinajstić information content (AvgIpc) is 3.33. The van der Waals surface area contributed by atoms with Gasteiger partial charge in [0.05, 0.1) is 5.56 Å². The largest absolute Gasteiger partial charge is 0.423 e. The highest BCUT2D eigenvalue weighted by Crippen LogP contribution is 2.25. The van der Waals surface area contributed by atoms with E-state index in [9.17, 15) is 9.59 Å². The van der Waals surface area contributed by atoms with E-state index >= 15 is 0 Å². The van der Waals surface area contributed by atoms with Crippen molar-refractivity contribution in [1.82, 2.24) is 9.88 Å². The highest BCUT2D eigenvalue weighted by atomic mass is 35.5. The summed E-state index contributed by atoms with van der Waals surface area (Å²) in [6.45, 7) is 2.93. The third-order valence-electron chi connectivity index (χ3n) is 4.93. The molecular weight excluding hydrogens is 378 g/mol. The molecule has 7 heteroatoms. The minimum Gasteiger partial charge on any atom is -0.423 e. The number of anilines is 1. The number of fused-ring (bicyclic) bond motifs is 1. The predicted octanol–water partition coefficient (Wildman–Crippen LogP) is 4.40. The molecule has 0 radical (unpaired) electrons. The van der Waals surface area contributed by atoms with Crippen LogP contribution in [0.3, 0.4) is 0 Å². The zero-order valence-electron chi connectivity index (χ0n) is 15.4. The van der Waals surface area contributed by atoms with Crippen molar-refractivity contribution >= 4 is 40.4 Å². The van der Waals surface area contributed by atoms with Crippen LogP contribution in [0.4, 0.5) is 6.01 Å². The molecule has 144 valence electrons. The Morgan fingerprint density at radius 2 is 2.04 bits per heavy atom. The van der Waals surface area contributed by atoms with E-state index in [1.807, 2.05) is 0 Å². The van der Waals surface area contributed by atoms with Crippen LogP contribution in [0.2, 0.25) is 5.02 Å². The van der Waals surface area contributed by atoms with Gasteiger partial charge in [0.2, 0.25) is 0 Å². The van der Waals surface area contributed by atoms with Gasteiger partial charge in [-0.3, -0.25) is 9.59 Å². The van der Waals surface area contributed by atoms with Crippen LogP contribution in [0.1, 0.15) is 40.5 Å². The molecule has 0 aliphatic carbocycles. The Labute approximate surface area is 167 Å². The van der Waals surface area contributed by atoms with E-state index in [0.29, 0.717) is 47.3 Å². The van der Waals surface area contributed by atoms with Crippen molar-refractivity contribution in [2.75, 3.05) is 18.4 Å². The van der Waals surface area contributed by atoms with Gasteiger partial charge in [0, 0.05) is 42.2 Å². The van der Waals surface area contributed by atoms with Gasteiger partial charge in [0.1, 0.15) is 5.52 Å². The topological polar surface area (TPSA) is 75.4 Å². The summed E-state index contributed by atoms with van der Waals surface area (Å²) in [7, 11) is 0. The van der Waals surface area contributed by atoms with Crippen LogP contribution < -0.4 is 5.32 Å². The molecular formula is C21H20ClN3O3. The lowest BCUT2D eigenvalue weighted by molar-refractivity contribution is 0.0785. The van der Waals surface area contributed by atoms with Crippen LogP contribution in [0.5, 0.6) is 0 Å². The molecule has 0 spiro atoms. The zero-order valence-corrected chi connectivity index (χ0v) is 16.2. The molecule has 1 aliphatic rings. The molecule has 1 saturated heterocycles. The number of ketones is 1. The number of halogens is 1. The Morgan fingerprint density at radius 1 is 1.25 bits per heavy atom. The number of nitrogens with zero attached hydrogens (tertiary/aromatic N) is 2. The summed E-state index contributed by atoms with van der Waals surface area (Å²) in [5.74, 6) is -0.144. The Kier molecular flexibility index (Phi) is 5.05. The molecule has 2 aromatic carbocycles. The third kappa shape index (κ3) is 3.60. The van der Waals surface area contributed by atoms with E-state index in [0.717, 1.165) is 11.9 Å². The normalized spacial score (nSPS) is 16.5. The maximum atomic E-state index is 13.0. The van der Waals surface area contributed by atoms with Crippen LogP contribution in [0, 0.1) is 0 Å². The minimum absolute atomic E-state index is 0.0250. The molecule has 1 N–H and O–H groups in total. The second-order valence-corrected chi connectivity index (χ2v) is 7.27. The number of carbonyl (C=O) groups is 2. The predicted molar refractivity (Wildman–Crippen MR) is 108 cm³/mol. The Morgan fingerprint density at radius 3 is 2.82 bits per heavy atom. The summed E-state index contributed by atoms with van der Waals surface area (Å²) in [5.41, 5.74) is 2.30. The molecule has 1 aromatic heterocycles. The van der Waals surface area contributed by atoms with E-state index in [1.54, 1.807) is 54.3 Å². The lowest BCUT2D eigenvalue weighted by Crippen LogP contribution is -2.32. The highest BCUT2D eigenvalue weighted by Gasteiger charge is 2.29. The van der Waals surface area contributed by atoms with E-state index in [1.165, 1.54) is 0 Å². The van der Waals surface area contributed by atoms with Crippen LogP contribution in [-0.2, 0) is 0 Å². The van der Waals surface area contributed by atoms with Gasteiger partial charge in [0.15, 0.2) is 11.4 Å². The molecule has 1 aliphatic heterocycles. The number of nitrogens with one attached hydrogen (secondary N) is 1. The molecule has 3 aromatic rings. The summed E-state index contributed by atoms with van der Waals surface area (Å²) in [5, 5.41) is 3.84. The molecule has 1 atom stereocenters. The summed E-state index contributed by atoms with van der Waals surface area (Å²) in [4.78, 5) is 31.3. The van der Waals surface area contributed by atoms with Gasteiger partial charge in [-0.15, -0.1) is 0 Å². The number of aromatic nitrogens is 1. The molecule has 0 saturated carbocycles. The molecule has 2 heterocycles. The van der Waals surface area contributed by atoms with Crippen molar-refractivity contribution in [1.29, 1.82) is 0 Å². The minimum atomic E-state index is -0.119. The average molecular weight is 398 g/mol. The standard InChI is InChI=1S/C21H20ClN3O3/c1-2-18(26)15-5-3-4-6-16(15)20(27)25-10-9-14(12-25)23-21-24-17-8-7-13(22)11-19(17)28-21/h3-8,11,14H,2,9-10,12H2,1H3,(H,23,24). The van der Waals surface area contributed by atoms with Crippen molar-refractivity contribution < 1.29 is 14.0 Å². The summed E-state index contributed by atoms with van der Waals surface area (Å²) < 4.78 is 5.70. The fourth-order valence-electron chi connectivity index (χ4n) is 3.47. The van der Waals surface area contributed by atoms with Gasteiger partial charge < -0.3 is 14.6 Å². The first-order valence-corrected chi connectivity index (χ1v) is 9.67. The maximum Gasteiger partial charge on any atom is 0.295 e. The van der Waals surface area contributed by atoms with Crippen molar-refractivity contribution in [3.05, 3.63) is 58.6 Å². The van der Waals surface area contributed by atoms with Gasteiger partial charge in [-0.2, -0.15) is 4.98 Å². The number of hydrogen-bond donors (Lipinski definition) is 1. The smallest absolute Gasteiger partial charge is 0.295 e. The molecule has 1 unspecified atom stereocenters. The summed E-state index contributed by atoms with van der Waals surface area (Å²) >= 11 is 5.98. The fraction of sp³-hybridized carbons (Fsp3) is 0.286. The second kappa shape index (κ2) is 7.64.